The van der Waals surface area contributed by atoms with Gasteiger partial charge >= 0.3 is 17.6 Å². The van der Waals surface area contributed by atoms with Crippen LogP contribution in [-0.2, 0) is 94.9 Å². The lowest BCUT2D eigenvalue weighted by molar-refractivity contribution is 0.0700. The van der Waals surface area contributed by atoms with Crippen LogP contribution in [0.1, 0.15) is 152 Å². The Bertz CT molecular complexity index is 4190. The van der Waals surface area contributed by atoms with E-state index in [1.54, 1.807) is 0 Å². The van der Waals surface area contributed by atoms with E-state index in [1.807, 2.05) is 59.8 Å². The zero-order valence-corrected chi connectivity index (χ0v) is 67.3. The van der Waals surface area contributed by atoms with Crippen molar-refractivity contribution in [3.63, 3.8) is 0 Å². The first kappa shape index (κ1) is 79.3. The number of allylic oxidation sites excluding steroid dienone is 3. The Morgan fingerprint density at radius 3 is 0.982 bits per heavy atom. The zero-order valence-electron chi connectivity index (χ0n) is 65.3. The number of benzene rings is 8. The molecule has 109 heavy (non-hydrogen) atoms. The number of fused-ring (bicyclic) bond motifs is 6. The van der Waals surface area contributed by atoms with Crippen molar-refractivity contribution in [1.29, 1.82) is 0 Å². The summed E-state index contributed by atoms with van der Waals surface area (Å²) in [5.41, 5.74) is 20.6. The molecule has 8 aromatic carbocycles. The lowest BCUT2D eigenvalue weighted by Gasteiger charge is -2.36. The molecule has 4 heterocycles. The van der Waals surface area contributed by atoms with Gasteiger partial charge in [0.05, 0.1) is 37.3 Å². The summed E-state index contributed by atoms with van der Waals surface area (Å²) in [6, 6.07) is 60.2. The van der Waals surface area contributed by atoms with Gasteiger partial charge in [-0.3, -0.25) is 0 Å². The summed E-state index contributed by atoms with van der Waals surface area (Å²) in [5.74, 6) is 3.67. The highest BCUT2D eigenvalue weighted by Crippen LogP contribution is 2.59. The molecule has 14 rings (SSSR count). The molecule has 4 aliphatic heterocycles. The van der Waals surface area contributed by atoms with Crippen LogP contribution >= 0.6 is 0 Å². The Hall–Kier alpha value is -7.79. The van der Waals surface area contributed by atoms with Gasteiger partial charge < -0.3 is 64.5 Å². The molecule has 4 unspecified atom stereocenters. The third-order valence-electron chi connectivity index (χ3n) is 21.5. The molecule has 0 spiro atoms. The van der Waals surface area contributed by atoms with E-state index in [0.29, 0.717) is 104 Å². The van der Waals surface area contributed by atoms with E-state index in [4.69, 9.17) is 64.5 Å². The molecule has 0 N–H and O–H groups in total. The molecule has 8 aromatic rings. The average Bonchev–Trinajstić information content (AvgIpc) is 1.57. The van der Waals surface area contributed by atoms with E-state index in [-0.39, 0.29) is 24.4 Å². The minimum Gasteiger partial charge on any atom is -0.491 e. The maximum absolute atomic E-state index is 6.95. The normalized spacial score (nSPS) is 17.8. The van der Waals surface area contributed by atoms with Crippen LogP contribution in [0.4, 0.5) is 0 Å². The maximum Gasteiger partial charge on any atom is 0.500 e. The predicted octanol–water partition coefficient (Wildman–Crippen LogP) is 18.7. The standard InChI is InChI=1S/C53H74O10Si2.C40H38O4/c1-8-15-22-40-33-43(29-30-51(40)56-38-45-36-54-45)53(49-27-18-16-25-47(49)48-26-17-19-28-50(48)53)44-34-41(23-20-31-64(58-9-2,59-10-3)60-11-4)52(57-39-46-37-55-46)42(35-44)24-21-32-65(61-12-5,62-13-6)63-14-7;1-4-11-27-20-30(18-19-38(27)43-25-32-23-41-32)40(36-16-9-7-14-34(36)35-15-8-10-17-37(35)40)31-21-28(12-5-2)39(29(22-31)13-6-3)44-26-33-24-42-33/h16-19,25-30,33-35,45-46H,8-15,20-24,31-32,36-39H2,1-7H3;4-10,14-22,32-33H,1-3,11-13,23-26H2. The molecule has 6 aliphatic rings. The molecule has 0 aromatic heterocycles. The molecule has 14 nitrogen and oxygen atoms in total. The van der Waals surface area contributed by atoms with E-state index in [1.165, 1.54) is 72.3 Å². The van der Waals surface area contributed by atoms with E-state index < -0.39 is 28.4 Å². The van der Waals surface area contributed by atoms with E-state index in [9.17, 15) is 0 Å². The molecular weight excluding hydrogens is 1400 g/mol. The minimum absolute atomic E-state index is 0.0897. The second-order valence-electron chi connectivity index (χ2n) is 28.9. The number of rotatable bonds is 45. The van der Waals surface area contributed by atoms with Crippen LogP contribution in [0, 0.1) is 0 Å². The first-order valence-electron chi connectivity index (χ1n) is 40.1. The van der Waals surface area contributed by atoms with E-state index >= 15 is 0 Å². The summed E-state index contributed by atoms with van der Waals surface area (Å²) in [7, 11) is -5.85. The first-order chi connectivity index (χ1) is 53.5. The van der Waals surface area contributed by atoms with Gasteiger partial charge in [-0.05, 0) is 212 Å². The molecule has 2 aliphatic carbocycles. The fourth-order valence-electron chi connectivity index (χ4n) is 16.5. The molecule has 4 atom stereocenters. The van der Waals surface area contributed by atoms with Crippen molar-refractivity contribution < 1.29 is 64.5 Å². The summed E-state index contributed by atoms with van der Waals surface area (Å²) < 4.78 is 86.6. The van der Waals surface area contributed by atoms with Crippen molar-refractivity contribution in [3.8, 4) is 45.3 Å². The molecule has 4 fully saturated rings. The van der Waals surface area contributed by atoms with Gasteiger partial charge in [-0.25, -0.2) is 0 Å². The molecular formula is C93H112O14Si2. The monoisotopic (exact) mass is 1510 g/mol. The predicted molar refractivity (Wildman–Crippen MR) is 436 cm³/mol. The number of epoxide rings is 4. The summed E-state index contributed by atoms with van der Waals surface area (Å²) in [4.78, 5) is 0. The highest BCUT2D eigenvalue weighted by molar-refractivity contribution is 6.61. The van der Waals surface area contributed by atoms with Gasteiger partial charge in [0.1, 0.15) is 73.8 Å². The van der Waals surface area contributed by atoms with Crippen molar-refractivity contribution in [2.24, 2.45) is 0 Å². The maximum atomic E-state index is 6.95. The molecule has 4 saturated heterocycles. The Balaban J connectivity index is 0.000000206. The molecule has 16 heteroatoms. The largest absolute Gasteiger partial charge is 0.500 e. The van der Waals surface area contributed by atoms with Crippen LogP contribution < -0.4 is 18.9 Å². The summed E-state index contributed by atoms with van der Waals surface area (Å²) in [6.45, 7) is 35.0. The second-order valence-corrected chi connectivity index (χ2v) is 34.4. The average molecular weight is 1510 g/mol. The molecule has 0 bridgehead atoms. The first-order valence-corrected chi connectivity index (χ1v) is 44.0. The highest BCUT2D eigenvalue weighted by Gasteiger charge is 2.50. The minimum atomic E-state index is -2.92. The number of unbranched alkanes of at least 4 members (excludes halogenated alkanes) is 1. The van der Waals surface area contributed by atoms with Gasteiger partial charge in [0.25, 0.3) is 0 Å². The van der Waals surface area contributed by atoms with Gasteiger partial charge in [-0.15, -0.1) is 19.7 Å². The van der Waals surface area contributed by atoms with Gasteiger partial charge in [0.2, 0.25) is 0 Å². The van der Waals surface area contributed by atoms with Gasteiger partial charge in [-0.1, -0.05) is 177 Å². The summed E-state index contributed by atoms with van der Waals surface area (Å²) in [6.07, 6.45) is 14.7. The molecule has 0 radical (unpaired) electrons. The molecule has 0 saturated carbocycles. The quantitative estimate of drug-likeness (QED) is 0.0203. The molecule has 576 valence electrons. The Morgan fingerprint density at radius 2 is 0.642 bits per heavy atom. The van der Waals surface area contributed by atoms with Crippen molar-refractivity contribution >= 4 is 17.6 Å². The fraction of sp³-hybridized carbons (Fsp3) is 0.419. The van der Waals surface area contributed by atoms with Crippen molar-refractivity contribution in [3.05, 3.63) is 274 Å². The Morgan fingerprint density at radius 1 is 0.349 bits per heavy atom. The van der Waals surface area contributed by atoms with E-state index in [2.05, 4.69) is 184 Å². The van der Waals surface area contributed by atoms with Gasteiger partial charge in [0.15, 0.2) is 0 Å². The topological polar surface area (TPSA) is 142 Å². The lowest BCUT2D eigenvalue weighted by atomic mass is 9.66. The number of hydrogen-bond acceptors (Lipinski definition) is 14. The van der Waals surface area contributed by atoms with E-state index in [0.717, 1.165) is 116 Å². The third kappa shape index (κ3) is 17.8. The fourth-order valence-corrected chi connectivity index (χ4v) is 21.7. The van der Waals surface area contributed by atoms with Crippen molar-refractivity contribution in [2.75, 3.05) is 92.5 Å². The van der Waals surface area contributed by atoms with Crippen LogP contribution in [0.15, 0.2) is 196 Å². The Kier molecular flexibility index (Phi) is 26.9. The Labute approximate surface area is 649 Å². The summed E-state index contributed by atoms with van der Waals surface area (Å²) >= 11 is 0. The van der Waals surface area contributed by atoms with Crippen LogP contribution in [0.25, 0.3) is 22.3 Å². The van der Waals surface area contributed by atoms with Crippen LogP contribution in [0.5, 0.6) is 23.0 Å². The van der Waals surface area contributed by atoms with Crippen LogP contribution in [0.2, 0.25) is 12.1 Å². The number of ether oxygens (including phenoxy) is 8. The number of hydrogen-bond donors (Lipinski definition) is 0. The van der Waals surface area contributed by atoms with Crippen molar-refractivity contribution in [2.45, 2.75) is 160 Å². The van der Waals surface area contributed by atoms with Crippen LogP contribution in [-0.4, -0.2) is 135 Å². The van der Waals surface area contributed by atoms with Crippen LogP contribution in [0.3, 0.4) is 0 Å². The summed E-state index contributed by atoms with van der Waals surface area (Å²) in [5, 5.41) is 0. The third-order valence-corrected chi connectivity index (χ3v) is 27.8. The lowest BCUT2D eigenvalue weighted by Crippen LogP contribution is -2.46. The second kappa shape index (κ2) is 37.0. The molecule has 0 amide bonds. The van der Waals surface area contributed by atoms with Gasteiger partial charge in [-0.2, -0.15) is 0 Å². The number of aryl methyl sites for hydroxylation is 3. The zero-order chi connectivity index (χ0) is 75.8. The highest BCUT2D eigenvalue weighted by atomic mass is 28.4. The van der Waals surface area contributed by atoms with Gasteiger partial charge in [0, 0.05) is 51.7 Å². The smallest absolute Gasteiger partial charge is 0.491 e. The SMILES string of the molecule is C=CCc1cc(C2(c3cc(CC=C)c(OCC4CO4)c(CC=C)c3)c3ccccc3-c3ccccc32)ccc1OCC1CO1.CCCCc1cc(C2(c3cc(CCC[Si](OCC)(OCC)OCC)c(OCC4CO4)c(CCC[Si](OCC)(OCC)OCC)c3)c3ccccc3-c3ccccc32)ccc1OCC1CO1. The van der Waals surface area contributed by atoms with Crippen molar-refractivity contribution in [1.82, 2.24) is 0 Å².